The molecule has 0 spiro atoms. The van der Waals surface area contributed by atoms with Crippen molar-refractivity contribution < 1.29 is 4.74 Å². The van der Waals surface area contributed by atoms with Gasteiger partial charge in [-0.2, -0.15) is 0 Å². The molecule has 0 aromatic rings. The van der Waals surface area contributed by atoms with Crippen LogP contribution in [0.25, 0.3) is 0 Å². The average molecular weight is 142 g/mol. The van der Waals surface area contributed by atoms with Gasteiger partial charge in [-0.25, -0.2) is 0 Å². The van der Waals surface area contributed by atoms with Crippen LogP contribution in [0.15, 0.2) is 0 Å². The maximum absolute atomic E-state index is 5.42. The number of hydrogen-bond acceptors (Lipinski definition) is 1. The minimum atomic E-state index is 0.408. The highest BCUT2D eigenvalue weighted by molar-refractivity contribution is 4.81. The molecule has 0 unspecified atom stereocenters. The summed E-state index contributed by atoms with van der Waals surface area (Å²) in [5, 5.41) is 0. The van der Waals surface area contributed by atoms with Gasteiger partial charge in [0.25, 0.3) is 0 Å². The second kappa shape index (κ2) is 2.54. The molecule has 1 saturated heterocycles. The van der Waals surface area contributed by atoms with Gasteiger partial charge >= 0.3 is 0 Å². The molecule has 1 rings (SSSR count). The summed E-state index contributed by atoms with van der Waals surface area (Å²) in [6.45, 7) is 10.1. The van der Waals surface area contributed by atoms with E-state index in [1.54, 1.807) is 0 Å². The standard InChI is InChI=1S/C9H18O/c1-7(9(2,3)4)8-5-6-10-8/h7-8H,5-6H2,1-4H3/t7-,8-/m0/s1. The van der Waals surface area contributed by atoms with Crippen molar-refractivity contribution in [3.05, 3.63) is 0 Å². The first-order valence-electron chi connectivity index (χ1n) is 4.13. The zero-order chi connectivity index (χ0) is 7.78. The SMILES string of the molecule is C[C@@H]([C@@H]1CCO1)C(C)(C)C. The molecule has 60 valence electrons. The van der Waals surface area contributed by atoms with E-state index in [-0.39, 0.29) is 0 Å². The molecule has 0 N–H and O–H groups in total. The minimum absolute atomic E-state index is 0.408. The van der Waals surface area contributed by atoms with Gasteiger partial charge in [0.05, 0.1) is 6.10 Å². The van der Waals surface area contributed by atoms with Crippen LogP contribution in [0, 0.1) is 11.3 Å². The molecule has 0 bridgehead atoms. The lowest BCUT2D eigenvalue weighted by Gasteiger charge is -2.39. The zero-order valence-corrected chi connectivity index (χ0v) is 7.48. The molecule has 1 nitrogen and oxygen atoms in total. The van der Waals surface area contributed by atoms with E-state index < -0.39 is 0 Å². The van der Waals surface area contributed by atoms with E-state index in [4.69, 9.17) is 4.74 Å². The van der Waals surface area contributed by atoms with Crippen LogP contribution in [0.4, 0.5) is 0 Å². The average Bonchev–Trinajstić information content (AvgIpc) is 1.57. The van der Waals surface area contributed by atoms with E-state index in [1.165, 1.54) is 6.42 Å². The Morgan fingerprint density at radius 1 is 1.40 bits per heavy atom. The van der Waals surface area contributed by atoms with E-state index in [0.29, 0.717) is 17.4 Å². The van der Waals surface area contributed by atoms with E-state index >= 15 is 0 Å². The van der Waals surface area contributed by atoms with Gasteiger partial charge in [0, 0.05) is 6.61 Å². The molecule has 0 amide bonds. The quantitative estimate of drug-likeness (QED) is 0.546. The van der Waals surface area contributed by atoms with Crippen LogP contribution in [0.5, 0.6) is 0 Å². The van der Waals surface area contributed by atoms with Crippen LogP contribution in [0.3, 0.4) is 0 Å². The Kier molecular flexibility index (Phi) is 2.04. The normalized spacial score (nSPS) is 29.4. The molecule has 0 saturated carbocycles. The van der Waals surface area contributed by atoms with E-state index in [9.17, 15) is 0 Å². The molecule has 1 aliphatic rings. The first kappa shape index (κ1) is 8.06. The first-order chi connectivity index (χ1) is 4.52. The van der Waals surface area contributed by atoms with Crippen molar-refractivity contribution in [2.75, 3.05) is 6.61 Å². The monoisotopic (exact) mass is 142 g/mol. The molecule has 1 heteroatoms. The van der Waals surface area contributed by atoms with Crippen LogP contribution >= 0.6 is 0 Å². The molecule has 0 radical (unpaired) electrons. The van der Waals surface area contributed by atoms with Crippen molar-refractivity contribution in [3.63, 3.8) is 0 Å². The van der Waals surface area contributed by atoms with Gasteiger partial charge < -0.3 is 4.74 Å². The third-order valence-corrected chi connectivity index (χ3v) is 2.66. The van der Waals surface area contributed by atoms with Gasteiger partial charge in [-0.3, -0.25) is 0 Å². The van der Waals surface area contributed by atoms with Crippen LogP contribution in [-0.4, -0.2) is 12.7 Å². The summed E-state index contributed by atoms with van der Waals surface area (Å²) in [7, 11) is 0. The topological polar surface area (TPSA) is 9.23 Å². The molecule has 10 heavy (non-hydrogen) atoms. The van der Waals surface area contributed by atoms with Gasteiger partial charge in [0.1, 0.15) is 0 Å². The van der Waals surface area contributed by atoms with Gasteiger partial charge in [-0.1, -0.05) is 27.7 Å². The Morgan fingerprint density at radius 2 is 1.90 bits per heavy atom. The third-order valence-electron chi connectivity index (χ3n) is 2.66. The summed E-state index contributed by atoms with van der Waals surface area (Å²) in [5.41, 5.74) is 0.408. The lowest BCUT2D eigenvalue weighted by molar-refractivity contribution is -0.104. The molecular formula is C9H18O. The van der Waals surface area contributed by atoms with Crippen LogP contribution < -0.4 is 0 Å². The fourth-order valence-electron chi connectivity index (χ4n) is 1.21. The van der Waals surface area contributed by atoms with Crippen molar-refractivity contribution in [3.8, 4) is 0 Å². The first-order valence-corrected chi connectivity index (χ1v) is 4.13. The number of rotatable bonds is 1. The van der Waals surface area contributed by atoms with E-state index in [1.807, 2.05) is 0 Å². The summed E-state index contributed by atoms with van der Waals surface area (Å²) in [5.74, 6) is 0.696. The molecule has 0 aliphatic carbocycles. The summed E-state index contributed by atoms with van der Waals surface area (Å²) in [6.07, 6.45) is 1.80. The summed E-state index contributed by atoms with van der Waals surface area (Å²) in [6, 6.07) is 0. The molecule has 1 fully saturated rings. The summed E-state index contributed by atoms with van der Waals surface area (Å²) >= 11 is 0. The smallest absolute Gasteiger partial charge is 0.0627 e. The lowest BCUT2D eigenvalue weighted by atomic mass is 9.77. The van der Waals surface area contributed by atoms with Crippen LogP contribution in [-0.2, 0) is 4.74 Å². The zero-order valence-electron chi connectivity index (χ0n) is 7.48. The molecule has 0 aromatic heterocycles. The lowest BCUT2D eigenvalue weighted by Crippen LogP contribution is -2.39. The highest BCUT2D eigenvalue weighted by atomic mass is 16.5. The second-order valence-corrected chi connectivity index (χ2v) is 4.35. The van der Waals surface area contributed by atoms with Gasteiger partial charge in [-0.15, -0.1) is 0 Å². The highest BCUT2D eigenvalue weighted by Crippen LogP contribution is 2.34. The van der Waals surface area contributed by atoms with E-state index in [2.05, 4.69) is 27.7 Å². The van der Waals surface area contributed by atoms with Crippen molar-refractivity contribution in [1.82, 2.24) is 0 Å². The fraction of sp³-hybridized carbons (Fsp3) is 1.00. The predicted octanol–water partition coefficient (Wildman–Crippen LogP) is 2.46. The fourth-order valence-corrected chi connectivity index (χ4v) is 1.21. The Labute approximate surface area is 63.8 Å². The Bertz CT molecular complexity index is 108. The summed E-state index contributed by atoms with van der Waals surface area (Å²) < 4.78 is 5.42. The van der Waals surface area contributed by atoms with Crippen molar-refractivity contribution in [1.29, 1.82) is 0 Å². The molecule has 0 aromatic carbocycles. The summed E-state index contributed by atoms with van der Waals surface area (Å²) in [4.78, 5) is 0. The minimum Gasteiger partial charge on any atom is -0.378 e. The van der Waals surface area contributed by atoms with Gasteiger partial charge in [-0.05, 0) is 17.8 Å². The Morgan fingerprint density at radius 3 is 2.00 bits per heavy atom. The Balaban J connectivity index is 2.39. The maximum atomic E-state index is 5.42. The third kappa shape index (κ3) is 1.51. The highest BCUT2D eigenvalue weighted by Gasteiger charge is 2.32. The molecule has 1 heterocycles. The van der Waals surface area contributed by atoms with E-state index in [0.717, 1.165) is 6.61 Å². The van der Waals surface area contributed by atoms with Gasteiger partial charge in [0.15, 0.2) is 0 Å². The molecule has 1 aliphatic heterocycles. The number of hydrogen-bond donors (Lipinski definition) is 0. The second-order valence-electron chi connectivity index (χ2n) is 4.35. The predicted molar refractivity (Wildman–Crippen MR) is 43.0 cm³/mol. The Hall–Kier alpha value is -0.0400. The van der Waals surface area contributed by atoms with Crippen molar-refractivity contribution in [2.24, 2.45) is 11.3 Å². The van der Waals surface area contributed by atoms with Crippen LogP contribution in [0.2, 0.25) is 0 Å². The molecular weight excluding hydrogens is 124 g/mol. The van der Waals surface area contributed by atoms with Crippen LogP contribution in [0.1, 0.15) is 34.1 Å². The van der Waals surface area contributed by atoms with Gasteiger partial charge in [0.2, 0.25) is 0 Å². The largest absolute Gasteiger partial charge is 0.378 e. The van der Waals surface area contributed by atoms with Crippen molar-refractivity contribution in [2.45, 2.75) is 40.2 Å². The maximum Gasteiger partial charge on any atom is 0.0627 e. The van der Waals surface area contributed by atoms with Crippen molar-refractivity contribution >= 4 is 0 Å². The number of ether oxygens (including phenoxy) is 1. The molecule has 2 atom stereocenters.